The molecule has 0 radical (unpaired) electrons. The Hall–Kier alpha value is -3.74. The molecule has 2 aromatic carbocycles. The van der Waals surface area contributed by atoms with E-state index >= 15 is 0 Å². The number of nitrogens with zero attached hydrogens (tertiary/aromatic N) is 1. The zero-order valence-electron chi connectivity index (χ0n) is 24.4. The van der Waals surface area contributed by atoms with Crippen LogP contribution in [-0.4, -0.2) is 23.6 Å². The molecule has 4 rings (SSSR count). The zero-order chi connectivity index (χ0) is 29.2. The summed E-state index contributed by atoms with van der Waals surface area (Å²) < 4.78 is 0. The monoisotopic (exact) mass is 557 g/mol. The van der Waals surface area contributed by atoms with E-state index < -0.39 is 0 Å². The van der Waals surface area contributed by atoms with E-state index in [1.807, 2.05) is 13.0 Å². The second-order valence-electron chi connectivity index (χ2n) is 11.4. The van der Waals surface area contributed by atoms with Crippen LogP contribution in [0.3, 0.4) is 0 Å². The van der Waals surface area contributed by atoms with Crippen LogP contribution >= 0.6 is 0 Å². The predicted octanol–water partition coefficient (Wildman–Crippen LogP) is 7.64. The van der Waals surface area contributed by atoms with Gasteiger partial charge in [0, 0.05) is 23.4 Å². The number of carbonyl (C=O) groups excluding carboxylic acids is 4. The van der Waals surface area contributed by atoms with Crippen molar-refractivity contribution in [3.8, 4) is 0 Å². The van der Waals surface area contributed by atoms with Crippen LogP contribution in [0.5, 0.6) is 0 Å². The standard InChI is InChI=1S/C34H43N3O4/c1-3-4-5-6-7-8-9-10-11-12-31(38)35-26-16-18-27(19-17-26)36-32(39)25-14-20-28(21-15-25)37-33(40)29-22-13-24(2)23-30(29)34(37)41/h13-21,29-30H,3-12,22-23H2,1-2H3,(H,35,38)(H,36,39)/t29-,30+/m0/s1. The Morgan fingerprint density at radius 2 is 1.32 bits per heavy atom. The smallest absolute Gasteiger partial charge is 0.255 e. The Balaban J connectivity index is 1.20. The molecule has 0 aromatic heterocycles. The third-order valence-electron chi connectivity index (χ3n) is 8.14. The minimum Gasteiger partial charge on any atom is -0.326 e. The number of amides is 4. The molecule has 1 heterocycles. The number of benzene rings is 2. The molecule has 0 spiro atoms. The predicted molar refractivity (Wildman–Crippen MR) is 164 cm³/mol. The number of carbonyl (C=O) groups is 4. The molecule has 0 unspecified atom stereocenters. The van der Waals surface area contributed by atoms with Gasteiger partial charge in [-0.25, -0.2) is 0 Å². The molecule has 4 amide bonds. The first-order valence-corrected chi connectivity index (χ1v) is 15.2. The number of anilines is 3. The molecule has 0 bridgehead atoms. The van der Waals surface area contributed by atoms with Crippen molar-refractivity contribution in [1.29, 1.82) is 0 Å². The fourth-order valence-corrected chi connectivity index (χ4v) is 5.71. The lowest BCUT2D eigenvalue weighted by Gasteiger charge is -2.18. The lowest BCUT2D eigenvalue weighted by atomic mass is 9.82. The lowest BCUT2D eigenvalue weighted by Crippen LogP contribution is -2.30. The van der Waals surface area contributed by atoms with Crippen LogP contribution in [0.2, 0.25) is 0 Å². The summed E-state index contributed by atoms with van der Waals surface area (Å²) in [5, 5.41) is 5.78. The summed E-state index contributed by atoms with van der Waals surface area (Å²) in [7, 11) is 0. The van der Waals surface area contributed by atoms with E-state index in [-0.39, 0.29) is 35.5 Å². The summed E-state index contributed by atoms with van der Waals surface area (Å²) in [5.41, 5.74) is 3.35. The van der Waals surface area contributed by atoms with E-state index in [4.69, 9.17) is 0 Å². The minimum absolute atomic E-state index is 0.00503. The fourth-order valence-electron chi connectivity index (χ4n) is 5.71. The molecule has 0 saturated carbocycles. The first-order chi connectivity index (χ1) is 19.9. The van der Waals surface area contributed by atoms with Gasteiger partial charge >= 0.3 is 0 Å². The maximum atomic E-state index is 12.9. The molecule has 1 aliphatic carbocycles. The number of imide groups is 1. The first kappa shape index (κ1) is 30.2. The van der Waals surface area contributed by atoms with Gasteiger partial charge in [-0.05, 0) is 74.7 Å². The van der Waals surface area contributed by atoms with E-state index in [0.717, 1.165) is 18.4 Å². The Bertz CT molecular complexity index is 1250. The summed E-state index contributed by atoms with van der Waals surface area (Å²) in [6.45, 7) is 4.22. The SMILES string of the molecule is CCCCCCCCCCCC(=O)Nc1ccc(NC(=O)c2ccc(N3C(=O)[C@H]4CC=C(C)C[C@H]4C3=O)cc2)cc1. The molecule has 2 aromatic rings. The maximum absolute atomic E-state index is 12.9. The van der Waals surface area contributed by atoms with Gasteiger partial charge in [-0.15, -0.1) is 0 Å². The second-order valence-corrected chi connectivity index (χ2v) is 11.4. The summed E-state index contributed by atoms with van der Waals surface area (Å²) in [5.74, 6) is -1.21. The van der Waals surface area contributed by atoms with Gasteiger partial charge in [-0.2, -0.15) is 0 Å². The van der Waals surface area contributed by atoms with Gasteiger partial charge in [0.15, 0.2) is 0 Å². The Morgan fingerprint density at radius 1 is 0.756 bits per heavy atom. The molecule has 2 atom stereocenters. The quantitative estimate of drug-likeness (QED) is 0.142. The number of unbranched alkanes of at least 4 members (excludes halogenated alkanes) is 8. The average molecular weight is 558 g/mol. The summed E-state index contributed by atoms with van der Waals surface area (Å²) in [6.07, 6.45) is 14.7. The van der Waals surface area contributed by atoms with Crippen molar-refractivity contribution in [2.45, 2.75) is 90.9 Å². The highest BCUT2D eigenvalue weighted by Gasteiger charge is 2.48. The molecular formula is C34H43N3O4. The van der Waals surface area contributed by atoms with Crippen molar-refractivity contribution in [3.63, 3.8) is 0 Å². The number of hydrogen-bond acceptors (Lipinski definition) is 4. The highest BCUT2D eigenvalue weighted by atomic mass is 16.2. The van der Waals surface area contributed by atoms with Crippen LogP contribution in [0.1, 0.15) is 101 Å². The van der Waals surface area contributed by atoms with Crippen molar-refractivity contribution in [2.24, 2.45) is 11.8 Å². The molecule has 1 saturated heterocycles. The van der Waals surface area contributed by atoms with Gasteiger partial charge in [-0.3, -0.25) is 24.1 Å². The van der Waals surface area contributed by atoms with Crippen LogP contribution in [0, 0.1) is 11.8 Å². The molecule has 218 valence electrons. The summed E-state index contributed by atoms with van der Waals surface area (Å²) >= 11 is 0. The largest absolute Gasteiger partial charge is 0.326 e. The van der Waals surface area contributed by atoms with Gasteiger partial charge < -0.3 is 10.6 Å². The summed E-state index contributed by atoms with van der Waals surface area (Å²) in [6, 6.07) is 13.6. The normalized spacial score (nSPS) is 18.2. The topological polar surface area (TPSA) is 95.6 Å². The molecule has 2 N–H and O–H groups in total. The van der Waals surface area contributed by atoms with Crippen molar-refractivity contribution in [1.82, 2.24) is 0 Å². The van der Waals surface area contributed by atoms with Crippen molar-refractivity contribution in [3.05, 3.63) is 65.7 Å². The van der Waals surface area contributed by atoms with E-state index in [1.54, 1.807) is 48.5 Å². The number of rotatable bonds is 14. The van der Waals surface area contributed by atoms with E-state index in [2.05, 4.69) is 17.6 Å². The molecule has 2 aliphatic rings. The van der Waals surface area contributed by atoms with Gasteiger partial charge in [-0.1, -0.05) is 69.9 Å². The molecule has 41 heavy (non-hydrogen) atoms. The van der Waals surface area contributed by atoms with Gasteiger partial charge in [0.1, 0.15) is 0 Å². The van der Waals surface area contributed by atoms with Gasteiger partial charge in [0.25, 0.3) is 5.91 Å². The van der Waals surface area contributed by atoms with Crippen LogP contribution < -0.4 is 15.5 Å². The van der Waals surface area contributed by atoms with E-state index in [0.29, 0.717) is 41.9 Å². The van der Waals surface area contributed by atoms with E-state index in [1.165, 1.54) is 49.8 Å². The second kappa shape index (κ2) is 14.8. The zero-order valence-corrected chi connectivity index (χ0v) is 24.4. The van der Waals surface area contributed by atoms with Crippen molar-refractivity contribution < 1.29 is 19.2 Å². The van der Waals surface area contributed by atoms with Crippen molar-refractivity contribution in [2.75, 3.05) is 15.5 Å². The third kappa shape index (κ3) is 8.15. The number of hydrogen-bond donors (Lipinski definition) is 2. The third-order valence-corrected chi connectivity index (χ3v) is 8.14. The fraction of sp³-hybridized carbons (Fsp3) is 0.471. The van der Waals surface area contributed by atoms with Crippen LogP contribution in [-0.2, 0) is 14.4 Å². The minimum atomic E-state index is -0.300. The molecule has 1 fully saturated rings. The van der Waals surface area contributed by atoms with Crippen molar-refractivity contribution >= 4 is 40.7 Å². The van der Waals surface area contributed by atoms with Gasteiger partial charge in [0.2, 0.25) is 17.7 Å². The lowest BCUT2D eigenvalue weighted by molar-refractivity contribution is -0.122. The van der Waals surface area contributed by atoms with E-state index in [9.17, 15) is 19.2 Å². The van der Waals surface area contributed by atoms with Crippen LogP contribution in [0.15, 0.2) is 60.2 Å². The Morgan fingerprint density at radius 3 is 1.95 bits per heavy atom. The van der Waals surface area contributed by atoms with Crippen LogP contribution in [0.25, 0.3) is 0 Å². The number of nitrogens with one attached hydrogen (secondary N) is 2. The summed E-state index contributed by atoms with van der Waals surface area (Å²) in [4.78, 5) is 52.2. The highest BCUT2D eigenvalue weighted by molar-refractivity contribution is 6.22. The molecular weight excluding hydrogens is 514 g/mol. The molecule has 7 nitrogen and oxygen atoms in total. The average Bonchev–Trinajstić information content (AvgIpc) is 3.21. The first-order valence-electron chi connectivity index (χ1n) is 15.2. The Kier molecular flexibility index (Phi) is 10.9. The van der Waals surface area contributed by atoms with Crippen LogP contribution in [0.4, 0.5) is 17.1 Å². The molecule has 1 aliphatic heterocycles. The molecule has 7 heteroatoms. The van der Waals surface area contributed by atoms with Gasteiger partial charge in [0.05, 0.1) is 17.5 Å². The number of allylic oxidation sites excluding steroid dienone is 2. The maximum Gasteiger partial charge on any atom is 0.255 e. The Labute approximate surface area is 243 Å². The highest BCUT2D eigenvalue weighted by Crippen LogP contribution is 2.39. The number of fused-ring (bicyclic) bond motifs is 1.